The van der Waals surface area contributed by atoms with Crippen LogP contribution in [0.15, 0.2) is 23.2 Å². The molecule has 1 aliphatic heterocycles. The standard InChI is InChI=1S/C18H27F3N4O3/c1-26-16-11-14(3-4-15(16)28-13-18(19,20)21)12-24-17(22)23-5-2-6-25-7-9-27-10-8-25/h3-4,11H,2,5-10,12-13H2,1H3,(H3,22,23,24). The van der Waals surface area contributed by atoms with Gasteiger partial charge >= 0.3 is 6.18 Å². The number of nitrogens with two attached hydrogens (primary N) is 1. The molecule has 0 amide bonds. The van der Waals surface area contributed by atoms with Gasteiger partial charge in [-0.1, -0.05) is 6.07 Å². The molecule has 2 rings (SSSR count). The second-order valence-electron chi connectivity index (χ2n) is 6.32. The zero-order chi connectivity index (χ0) is 20.4. The van der Waals surface area contributed by atoms with Crippen molar-refractivity contribution in [1.82, 2.24) is 10.2 Å². The molecule has 1 saturated heterocycles. The van der Waals surface area contributed by atoms with Crippen LogP contribution in [0.3, 0.4) is 0 Å². The predicted octanol–water partition coefficient (Wildman–Crippen LogP) is 1.76. The van der Waals surface area contributed by atoms with Crippen LogP contribution in [0.25, 0.3) is 0 Å². The van der Waals surface area contributed by atoms with E-state index in [0.717, 1.165) is 44.8 Å². The number of halogens is 3. The number of alkyl halides is 3. The maximum absolute atomic E-state index is 12.3. The van der Waals surface area contributed by atoms with E-state index in [2.05, 4.69) is 15.2 Å². The van der Waals surface area contributed by atoms with Crippen molar-refractivity contribution in [2.75, 3.05) is 53.1 Å². The lowest BCUT2D eigenvalue weighted by Gasteiger charge is -2.26. The van der Waals surface area contributed by atoms with Crippen LogP contribution in [0.5, 0.6) is 11.5 Å². The van der Waals surface area contributed by atoms with Crippen molar-refractivity contribution >= 4 is 5.96 Å². The summed E-state index contributed by atoms with van der Waals surface area (Å²) in [5.74, 6) is 0.564. The Bertz CT molecular complexity index is 635. The van der Waals surface area contributed by atoms with E-state index in [-0.39, 0.29) is 18.0 Å². The first-order valence-corrected chi connectivity index (χ1v) is 9.08. The van der Waals surface area contributed by atoms with Gasteiger partial charge in [0, 0.05) is 19.6 Å². The van der Waals surface area contributed by atoms with E-state index in [1.807, 2.05) is 0 Å². The zero-order valence-electron chi connectivity index (χ0n) is 15.9. The fourth-order valence-electron chi connectivity index (χ4n) is 2.67. The molecule has 0 radical (unpaired) electrons. The molecular weight excluding hydrogens is 377 g/mol. The molecule has 1 fully saturated rings. The lowest BCUT2D eigenvalue weighted by Crippen LogP contribution is -2.39. The van der Waals surface area contributed by atoms with Gasteiger partial charge in [0.2, 0.25) is 0 Å². The molecule has 3 N–H and O–H groups in total. The number of guanidine groups is 1. The topological polar surface area (TPSA) is 81.3 Å². The van der Waals surface area contributed by atoms with Crippen LogP contribution in [0, 0.1) is 0 Å². The molecule has 1 aromatic rings. The summed E-state index contributed by atoms with van der Waals surface area (Å²) in [5.41, 5.74) is 6.61. The Morgan fingerprint density at radius 2 is 2.04 bits per heavy atom. The van der Waals surface area contributed by atoms with E-state index in [0.29, 0.717) is 12.5 Å². The highest BCUT2D eigenvalue weighted by Gasteiger charge is 2.29. The largest absolute Gasteiger partial charge is 0.493 e. The van der Waals surface area contributed by atoms with Crippen molar-refractivity contribution in [3.8, 4) is 11.5 Å². The van der Waals surface area contributed by atoms with Gasteiger partial charge in [0.05, 0.1) is 26.9 Å². The van der Waals surface area contributed by atoms with Crippen molar-refractivity contribution in [3.05, 3.63) is 23.8 Å². The third-order valence-corrected chi connectivity index (χ3v) is 4.11. The Morgan fingerprint density at radius 3 is 2.71 bits per heavy atom. The number of rotatable bonds is 9. The molecule has 28 heavy (non-hydrogen) atoms. The van der Waals surface area contributed by atoms with Crippen molar-refractivity contribution < 1.29 is 27.4 Å². The van der Waals surface area contributed by atoms with Crippen LogP contribution in [0.1, 0.15) is 12.0 Å². The van der Waals surface area contributed by atoms with E-state index >= 15 is 0 Å². The summed E-state index contributed by atoms with van der Waals surface area (Å²) in [6.07, 6.45) is -3.47. The second-order valence-corrected chi connectivity index (χ2v) is 6.32. The highest BCUT2D eigenvalue weighted by Crippen LogP contribution is 2.30. The smallest absolute Gasteiger partial charge is 0.422 e. The van der Waals surface area contributed by atoms with Crippen molar-refractivity contribution in [3.63, 3.8) is 0 Å². The molecule has 0 atom stereocenters. The Balaban J connectivity index is 1.76. The first kappa shape index (κ1) is 22.1. The van der Waals surface area contributed by atoms with Crippen LogP contribution in [0.2, 0.25) is 0 Å². The van der Waals surface area contributed by atoms with Crippen molar-refractivity contribution in [2.24, 2.45) is 10.7 Å². The molecule has 0 aromatic heterocycles. The van der Waals surface area contributed by atoms with Crippen LogP contribution in [-0.4, -0.2) is 70.1 Å². The number of ether oxygens (including phenoxy) is 3. The molecule has 158 valence electrons. The minimum absolute atomic E-state index is 0.0294. The van der Waals surface area contributed by atoms with Gasteiger partial charge in [-0.2, -0.15) is 13.2 Å². The number of morpholine rings is 1. The molecule has 0 bridgehead atoms. The maximum atomic E-state index is 12.3. The molecule has 0 aliphatic carbocycles. The fourth-order valence-corrected chi connectivity index (χ4v) is 2.67. The van der Waals surface area contributed by atoms with Crippen LogP contribution < -0.4 is 20.5 Å². The number of hydrogen-bond donors (Lipinski definition) is 2. The lowest BCUT2D eigenvalue weighted by atomic mass is 10.2. The molecule has 7 nitrogen and oxygen atoms in total. The molecule has 1 aliphatic rings. The summed E-state index contributed by atoms with van der Waals surface area (Å²) < 4.78 is 52.0. The number of aliphatic imine (C=N–C) groups is 1. The van der Waals surface area contributed by atoms with E-state index < -0.39 is 12.8 Å². The summed E-state index contributed by atoms with van der Waals surface area (Å²) in [7, 11) is 1.37. The summed E-state index contributed by atoms with van der Waals surface area (Å²) in [6.45, 7) is 4.05. The molecule has 10 heteroatoms. The summed E-state index contributed by atoms with van der Waals surface area (Å²) in [6, 6.07) is 4.64. The fraction of sp³-hybridized carbons (Fsp3) is 0.611. The van der Waals surface area contributed by atoms with Crippen molar-refractivity contribution in [2.45, 2.75) is 19.1 Å². The molecule has 0 unspecified atom stereocenters. The molecular formula is C18H27F3N4O3. The van der Waals surface area contributed by atoms with Gasteiger partial charge in [0.25, 0.3) is 0 Å². The normalized spacial score (nSPS) is 16.1. The highest BCUT2D eigenvalue weighted by molar-refractivity contribution is 5.77. The average molecular weight is 404 g/mol. The SMILES string of the molecule is COc1cc(CN=C(N)NCCCN2CCOCC2)ccc1OCC(F)(F)F. The molecule has 1 aromatic carbocycles. The van der Waals surface area contributed by atoms with Gasteiger partial charge in [0.15, 0.2) is 24.1 Å². The Morgan fingerprint density at radius 1 is 1.29 bits per heavy atom. The lowest BCUT2D eigenvalue weighted by molar-refractivity contribution is -0.153. The number of nitrogens with zero attached hydrogens (tertiary/aromatic N) is 2. The van der Waals surface area contributed by atoms with Gasteiger partial charge in [-0.25, -0.2) is 4.99 Å². The number of methoxy groups -OCH3 is 1. The van der Waals surface area contributed by atoms with E-state index in [4.69, 9.17) is 19.9 Å². The number of hydrogen-bond acceptors (Lipinski definition) is 5. The highest BCUT2D eigenvalue weighted by atomic mass is 19.4. The van der Waals surface area contributed by atoms with Gasteiger partial charge in [-0.3, -0.25) is 4.90 Å². The van der Waals surface area contributed by atoms with Crippen molar-refractivity contribution in [1.29, 1.82) is 0 Å². The average Bonchev–Trinajstić information content (AvgIpc) is 2.68. The van der Waals surface area contributed by atoms with Gasteiger partial charge < -0.3 is 25.3 Å². The first-order chi connectivity index (χ1) is 13.4. The predicted molar refractivity (Wildman–Crippen MR) is 99.7 cm³/mol. The van der Waals surface area contributed by atoms with Crippen LogP contribution in [-0.2, 0) is 11.3 Å². The summed E-state index contributed by atoms with van der Waals surface area (Å²) in [5, 5.41) is 3.06. The van der Waals surface area contributed by atoms with Gasteiger partial charge in [0.1, 0.15) is 0 Å². The Labute approximate surface area is 162 Å². The number of benzene rings is 1. The monoisotopic (exact) mass is 404 g/mol. The summed E-state index contributed by atoms with van der Waals surface area (Å²) >= 11 is 0. The minimum atomic E-state index is -4.41. The molecule has 1 heterocycles. The van der Waals surface area contributed by atoms with Gasteiger partial charge in [-0.15, -0.1) is 0 Å². The van der Waals surface area contributed by atoms with Crippen LogP contribution >= 0.6 is 0 Å². The zero-order valence-corrected chi connectivity index (χ0v) is 15.9. The third-order valence-electron chi connectivity index (χ3n) is 4.11. The Hall–Kier alpha value is -2.20. The van der Waals surface area contributed by atoms with E-state index in [1.165, 1.54) is 13.2 Å². The molecule has 0 saturated carbocycles. The maximum Gasteiger partial charge on any atom is 0.422 e. The van der Waals surface area contributed by atoms with E-state index in [9.17, 15) is 13.2 Å². The quantitative estimate of drug-likeness (QED) is 0.371. The number of nitrogens with one attached hydrogen (secondary N) is 1. The Kier molecular flexibility index (Phi) is 8.65. The first-order valence-electron chi connectivity index (χ1n) is 9.08. The summed E-state index contributed by atoms with van der Waals surface area (Å²) in [4.78, 5) is 6.58. The van der Waals surface area contributed by atoms with Crippen LogP contribution in [0.4, 0.5) is 13.2 Å². The second kappa shape index (κ2) is 11.0. The van der Waals surface area contributed by atoms with Gasteiger partial charge in [-0.05, 0) is 30.7 Å². The van der Waals surface area contributed by atoms with E-state index in [1.54, 1.807) is 12.1 Å². The minimum Gasteiger partial charge on any atom is -0.493 e. The third kappa shape index (κ3) is 8.22. The molecule has 0 spiro atoms.